The molecule has 1 aliphatic rings. The molecule has 6 nitrogen and oxygen atoms in total. The van der Waals surface area contributed by atoms with Gasteiger partial charge in [0.1, 0.15) is 6.04 Å². The predicted molar refractivity (Wildman–Crippen MR) is 89.4 cm³/mol. The molecule has 1 N–H and O–H groups in total. The number of piperazine rings is 1. The van der Waals surface area contributed by atoms with E-state index in [2.05, 4.69) is 0 Å². The number of carbonyl (C=O) groups is 1. The first kappa shape index (κ1) is 18.5. The molecule has 1 aromatic carbocycles. The van der Waals surface area contributed by atoms with Gasteiger partial charge in [-0.3, -0.25) is 9.69 Å². The van der Waals surface area contributed by atoms with Crippen LogP contribution in [0.5, 0.6) is 0 Å². The third-order valence-corrected chi connectivity index (χ3v) is 6.13. The number of nitrogens with zero attached hydrogens (tertiary/aromatic N) is 2. The van der Waals surface area contributed by atoms with Crippen LogP contribution in [0.2, 0.25) is 10.0 Å². The molecule has 0 saturated carbocycles. The minimum atomic E-state index is -3.31. The monoisotopic (exact) mass is 380 g/mol. The van der Waals surface area contributed by atoms with E-state index in [4.69, 9.17) is 23.2 Å². The first-order valence-corrected chi connectivity index (χ1v) is 9.61. The Kier molecular flexibility index (Phi) is 5.58. The number of rotatable bonds is 4. The Balaban J connectivity index is 2.31. The van der Waals surface area contributed by atoms with Crippen LogP contribution in [-0.4, -0.2) is 60.6 Å². The molecular formula is C14H18Cl2N2O4S. The van der Waals surface area contributed by atoms with E-state index in [9.17, 15) is 18.3 Å². The third kappa shape index (κ3) is 3.97. The molecule has 0 radical (unpaired) electrons. The second-order valence-corrected chi connectivity index (χ2v) is 8.32. The van der Waals surface area contributed by atoms with E-state index in [1.807, 2.05) is 0 Å². The molecule has 0 aromatic heterocycles. The molecule has 23 heavy (non-hydrogen) atoms. The maximum atomic E-state index is 11.8. The number of carboxylic acids is 1. The minimum Gasteiger partial charge on any atom is -0.480 e. The molecule has 128 valence electrons. The Bertz CT molecular complexity index is 711. The van der Waals surface area contributed by atoms with Crippen molar-refractivity contribution >= 4 is 39.2 Å². The van der Waals surface area contributed by atoms with Gasteiger partial charge in [0, 0.05) is 31.2 Å². The molecule has 1 saturated heterocycles. The van der Waals surface area contributed by atoms with E-state index in [0.29, 0.717) is 23.7 Å². The average molecular weight is 381 g/mol. The van der Waals surface area contributed by atoms with E-state index in [1.165, 1.54) is 4.31 Å². The quantitative estimate of drug-likeness (QED) is 0.864. The molecule has 1 fully saturated rings. The standard InChI is InChI=1S/C14H18Cl2N2O4S/c1-9-8-17(6-7-18(9)23(2,21)22)13(14(19)20)10-4-3-5-11(15)12(10)16/h3-5,9,13H,6-8H2,1-2H3,(H,19,20)/t9-,13?/m1/s1. The van der Waals surface area contributed by atoms with Gasteiger partial charge in [-0.15, -0.1) is 0 Å². The van der Waals surface area contributed by atoms with Gasteiger partial charge in [0.25, 0.3) is 0 Å². The number of sulfonamides is 1. The van der Waals surface area contributed by atoms with Crippen LogP contribution in [0.3, 0.4) is 0 Å². The van der Waals surface area contributed by atoms with Gasteiger partial charge < -0.3 is 5.11 Å². The minimum absolute atomic E-state index is 0.208. The zero-order valence-corrected chi connectivity index (χ0v) is 15.1. The Morgan fingerprint density at radius 2 is 2.00 bits per heavy atom. The summed E-state index contributed by atoms with van der Waals surface area (Å²) in [5.41, 5.74) is 0.409. The Morgan fingerprint density at radius 1 is 1.35 bits per heavy atom. The number of carboxylic acid groups (broad SMARTS) is 1. The first-order chi connectivity index (χ1) is 10.6. The van der Waals surface area contributed by atoms with Crippen molar-refractivity contribution in [3.63, 3.8) is 0 Å². The number of hydrogen-bond acceptors (Lipinski definition) is 4. The molecular weight excluding hydrogens is 363 g/mol. The topological polar surface area (TPSA) is 77.9 Å². The predicted octanol–water partition coefficient (Wildman–Crippen LogP) is 2.08. The van der Waals surface area contributed by atoms with Crippen LogP contribution in [0.4, 0.5) is 0 Å². The summed E-state index contributed by atoms with van der Waals surface area (Å²) in [6, 6.07) is 3.58. The molecule has 2 atom stereocenters. The van der Waals surface area contributed by atoms with Crippen molar-refractivity contribution in [3.8, 4) is 0 Å². The van der Waals surface area contributed by atoms with E-state index < -0.39 is 22.0 Å². The lowest BCUT2D eigenvalue weighted by Crippen LogP contribution is -2.55. The summed E-state index contributed by atoms with van der Waals surface area (Å²) >= 11 is 12.1. The molecule has 0 spiro atoms. The molecule has 1 unspecified atom stereocenters. The van der Waals surface area contributed by atoms with E-state index in [0.717, 1.165) is 6.26 Å². The Labute approximate surface area is 145 Å². The first-order valence-electron chi connectivity index (χ1n) is 7.00. The van der Waals surface area contributed by atoms with Gasteiger partial charge in [-0.05, 0) is 13.0 Å². The van der Waals surface area contributed by atoms with Crippen molar-refractivity contribution in [2.45, 2.75) is 19.0 Å². The number of aliphatic carboxylic acids is 1. The fourth-order valence-corrected chi connectivity index (χ4v) is 4.46. The van der Waals surface area contributed by atoms with Gasteiger partial charge in [-0.25, -0.2) is 8.42 Å². The zero-order chi connectivity index (χ0) is 17.4. The largest absolute Gasteiger partial charge is 0.480 e. The molecule has 2 rings (SSSR count). The lowest BCUT2D eigenvalue weighted by atomic mass is 10.0. The second kappa shape index (κ2) is 6.94. The van der Waals surface area contributed by atoms with Crippen LogP contribution in [-0.2, 0) is 14.8 Å². The van der Waals surface area contributed by atoms with E-state index in [-0.39, 0.29) is 17.6 Å². The van der Waals surface area contributed by atoms with Crippen molar-refractivity contribution < 1.29 is 18.3 Å². The molecule has 0 amide bonds. The highest BCUT2D eigenvalue weighted by Crippen LogP contribution is 2.34. The van der Waals surface area contributed by atoms with E-state index >= 15 is 0 Å². The second-order valence-electron chi connectivity index (χ2n) is 5.60. The number of hydrogen-bond donors (Lipinski definition) is 1. The lowest BCUT2D eigenvalue weighted by molar-refractivity contribution is -0.144. The maximum absolute atomic E-state index is 11.8. The van der Waals surface area contributed by atoms with Crippen LogP contribution >= 0.6 is 23.2 Å². The van der Waals surface area contributed by atoms with Crippen LogP contribution in [0.1, 0.15) is 18.5 Å². The van der Waals surface area contributed by atoms with Crippen LogP contribution < -0.4 is 0 Å². The van der Waals surface area contributed by atoms with Gasteiger partial charge >= 0.3 is 5.97 Å². The van der Waals surface area contributed by atoms with Gasteiger partial charge in [0.2, 0.25) is 10.0 Å². The summed E-state index contributed by atoms with van der Waals surface area (Å²) in [6.45, 7) is 2.60. The maximum Gasteiger partial charge on any atom is 0.325 e. The SMILES string of the molecule is C[C@@H]1CN(C(C(=O)O)c2cccc(Cl)c2Cl)CCN1S(C)(=O)=O. The normalized spacial score (nSPS) is 22.0. The van der Waals surface area contributed by atoms with Crippen molar-refractivity contribution in [3.05, 3.63) is 33.8 Å². The average Bonchev–Trinajstić information content (AvgIpc) is 2.42. The molecule has 1 aromatic rings. The van der Waals surface area contributed by atoms with Gasteiger partial charge in [0.15, 0.2) is 0 Å². The lowest BCUT2D eigenvalue weighted by Gasteiger charge is -2.41. The summed E-state index contributed by atoms with van der Waals surface area (Å²) in [5.74, 6) is -1.05. The summed E-state index contributed by atoms with van der Waals surface area (Å²) < 4.78 is 24.8. The molecule has 1 aliphatic heterocycles. The smallest absolute Gasteiger partial charge is 0.325 e. The van der Waals surface area contributed by atoms with Gasteiger partial charge in [0.05, 0.1) is 16.3 Å². The Hall–Kier alpha value is -0.860. The van der Waals surface area contributed by atoms with E-state index in [1.54, 1.807) is 30.0 Å². The summed E-state index contributed by atoms with van der Waals surface area (Å²) in [6.07, 6.45) is 1.15. The summed E-state index contributed by atoms with van der Waals surface area (Å²) in [7, 11) is -3.31. The highest BCUT2D eigenvalue weighted by molar-refractivity contribution is 7.88. The van der Waals surface area contributed by atoms with Crippen molar-refractivity contribution in [2.75, 3.05) is 25.9 Å². The van der Waals surface area contributed by atoms with Crippen molar-refractivity contribution in [2.24, 2.45) is 0 Å². The fraction of sp³-hybridized carbons (Fsp3) is 0.500. The Morgan fingerprint density at radius 3 is 2.52 bits per heavy atom. The fourth-order valence-electron chi connectivity index (χ4n) is 2.91. The molecule has 9 heteroatoms. The highest BCUT2D eigenvalue weighted by atomic mass is 35.5. The van der Waals surface area contributed by atoms with Crippen LogP contribution in [0.15, 0.2) is 18.2 Å². The molecule has 0 bridgehead atoms. The summed E-state index contributed by atoms with van der Waals surface area (Å²) in [5, 5.41) is 10.1. The molecule has 1 heterocycles. The van der Waals surface area contributed by atoms with Crippen molar-refractivity contribution in [1.82, 2.24) is 9.21 Å². The molecule has 0 aliphatic carbocycles. The summed E-state index contributed by atoms with van der Waals surface area (Å²) in [4.78, 5) is 13.5. The van der Waals surface area contributed by atoms with Crippen molar-refractivity contribution in [1.29, 1.82) is 0 Å². The van der Waals surface area contributed by atoms with Crippen LogP contribution in [0, 0.1) is 0 Å². The third-order valence-electron chi connectivity index (χ3n) is 3.90. The van der Waals surface area contributed by atoms with Crippen LogP contribution in [0.25, 0.3) is 0 Å². The zero-order valence-electron chi connectivity index (χ0n) is 12.7. The number of benzene rings is 1. The highest BCUT2D eigenvalue weighted by Gasteiger charge is 2.37. The number of halogens is 2. The van der Waals surface area contributed by atoms with Gasteiger partial charge in [-0.2, -0.15) is 4.31 Å². The van der Waals surface area contributed by atoms with Gasteiger partial charge in [-0.1, -0.05) is 35.3 Å².